The molecule has 1 aromatic rings. The monoisotopic (exact) mass is 387 g/mol. The lowest BCUT2D eigenvalue weighted by atomic mass is 9.76. The van der Waals surface area contributed by atoms with E-state index in [9.17, 15) is 4.79 Å². The molecule has 1 amide bonds. The number of hydrogen-bond donors (Lipinski definition) is 0. The fourth-order valence-corrected chi connectivity index (χ4v) is 6.94. The number of rotatable bonds is 5. The van der Waals surface area contributed by atoms with Crippen LogP contribution >= 0.6 is 11.3 Å². The third-order valence-corrected chi connectivity index (χ3v) is 8.74. The number of carbonyl (C=O) groups excluding carboxylic acids is 1. The van der Waals surface area contributed by atoms with E-state index in [1.807, 2.05) is 6.20 Å². The molecule has 2 aliphatic carbocycles. The van der Waals surface area contributed by atoms with Crippen LogP contribution in [0.5, 0.6) is 0 Å². The number of nitrogens with zero attached hydrogens (tertiary/aromatic N) is 3. The Morgan fingerprint density at radius 3 is 2.56 bits per heavy atom. The third kappa shape index (κ3) is 3.35. The number of amides is 1. The van der Waals surface area contributed by atoms with Gasteiger partial charge in [0, 0.05) is 50.2 Å². The molecule has 2 atom stereocenters. The first-order chi connectivity index (χ1) is 13.2. The first-order valence-electron chi connectivity index (χ1n) is 11.2. The van der Waals surface area contributed by atoms with Crippen LogP contribution in [0.2, 0.25) is 0 Å². The number of aromatic nitrogens is 1. The highest BCUT2D eigenvalue weighted by atomic mass is 32.1. The molecular weight excluding hydrogens is 354 g/mol. The van der Waals surface area contributed by atoms with E-state index in [1.54, 1.807) is 11.3 Å². The first kappa shape index (κ1) is 18.1. The molecule has 1 aromatic heterocycles. The number of carbonyl (C=O) groups is 1. The molecule has 5 rings (SSSR count). The maximum absolute atomic E-state index is 13.6. The van der Waals surface area contributed by atoms with Crippen LogP contribution in [-0.2, 0) is 4.79 Å². The van der Waals surface area contributed by atoms with Gasteiger partial charge in [0.05, 0.1) is 10.4 Å². The van der Waals surface area contributed by atoms with Crippen LogP contribution < -0.4 is 0 Å². The van der Waals surface area contributed by atoms with E-state index >= 15 is 0 Å². The summed E-state index contributed by atoms with van der Waals surface area (Å²) in [5.41, 5.74) is -0.198. The second-order valence-electron chi connectivity index (χ2n) is 9.58. The van der Waals surface area contributed by atoms with E-state index in [0.717, 1.165) is 44.4 Å². The van der Waals surface area contributed by atoms with Crippen LogP contribution in [0.15, 0.2) is 11.6 Å². The predicted molar refractivity (Wildman–Crippen MR) is 109 cm³/mol. The van der Waals surface area contributed by atoms with Gasteiger partial charge in [0.25, 0.3) is 0 Å². The topological polar surface area (TPSA) is 36.4 Å². The molecule has 4 fully saturated rings. The normalized spacial score (nSPS) is 33.3. The maximum Gasteiger partial charge on any atom is 0.230 e. The second kappa shape index (κ2) is 7.47. The third-order valence-electron chi connectivity index (χ3n) is 7.85. The Hall–Kier alpha value is -0.940. The van der Waals surface area contributed by atoms with Crippen molar-refractivity contribution < 1.29 is 4.79 Å². The minimum absolute atomic E-state index is 0.198. The molecule has 0 aromatic carbocycles. The lowest BCUT2D eigenvalue weighted by molar-refractivity contribution is -0.137. The molecule has 148 valence electrons. The minimum Gasteiger partial charge on any atom is -0.342 e. The molecule has 0 radical (unpaired) electrons. The van der Waals surface area contributed by atoms with Gasteiger partial charge in [-0.3, -0.25) is 4.79 Å². The standard InChI is InChI=1S/C22H33N3OS/c26-21-22(9-11-25(21)14-18-7-4-8-18)16-24(13-17-5-2-1-3-6-17)15-19(22)20-23-10-12-27-20/h10,12,17-19H,1-9,11,13-16H2/t19-,22-/m1/s1. The summed E-state index contributed by atoms with van der Waals surface area (Å²) in [6, 6.07) is 0. The second-order valence-corrected chi connectivity index (χ2v) is 10.5. The lowest BCUT2D eigenvalue weighted by Gasteiger charge is -2.32. The van der Waals surface area contributed by atoms with E-state index in [-0.39, 0.29) is 5.41 Å². The van der Waals surface area contributed by atoms with E-state index in [0.29, 0.717) is 11.8 Å². The summed E-state index contributed by atoms with van der Waals surface area (Å²) >= 11 is 1.75. The van der Waals surface area contributed by atoms with Crippen molar-refractivity contribution in [3.8, 4) is 0 Å². The Morgan fingerprint density at radius 2 is 1.85 bits per heavy atom. The molecule has 0 N–H and O–H groups in total. The van der Waals surface area contributed by atoms with Crippen molar-refractivity contribution in [2.45, 2.75) is 63.7 Å². The lowest BCUT2D eigenvalue weighted by Crippen LogP contribution is -2.42. The summed E-state index contributed by atoms with van der Waals surface area (Å²) in [7, 11) is 0. The zero-order valence-corrected chi connectivity index (χ0v) is 17.3. The van der Waals surface area contributed by atoms with Gasteiger partial charge in [0.1, 0.15) is 0 Å². The van der Waals surface area contributed by atoms with Gasteiger partial charge in [-0.1, -0.05) is 25.7 Å². The average Bonchev–Trinajstić information content (AvgIpc) is 3.35. The highest BCUT2D eigenvalue weighted by Crippen LogP contribution is 2.51. The van der Waals surface area contributed by atoms with Crippen LogP contribution in [0.4, 0.5) is 0 Å². The van der Waals surface area contributed by atoms with Crippen molar-refractivity contribution >= 4 is 17.2 Å². The van der Waals surface area contributed by atoms with Gasteiger partial charge in [0.15, 0.2) is 0 Å². The number of likely N-dealkylation sites (tertiary alicyclic amines) is 2. The van der Waals surface area contributed by atoms with Crippen LogP contribution in [0.25, 0.3) is 0 Å². The predicted octanol–water partition coefficient (Wildman–Crippen LogP) is 4.14. The van der Waals surface area contributed by atoms with Gasteiger partial charge in [-0.25, -0.2) is 4.98 Å². The van der Waals surface area contributed by atoms with Gasteiger partial charge in [-0.05, 0) is 43.9 Å². The van der Waals surface area contributed by atoms with Gasteiger partial charge < -0.3 is 9.80 Å². The molecular formula is C22H33N3OS. The largest absolute Gasteiger partial charge is 0.342 e. The molecule has 27 heavy (non-hydrogen) atoms. The molecule has 4 aliphatic rings. The molecule has 0 unspecified atom stereocenters. The molecule has 0 bridgehead atoms. The molecule has 2 aliphatic heterocycles. The zero-order valence-electron chi connectivity index (χ0n) is 16.4. The number of thiazole rings is 1. The van der Waals surface area contributed by atoms with Crippen molar-refractivity contribution in [3.63, 3.8) is 0 Å². The van der Waals surface area contributed by atoms with Crippen molar-refractivity contribution in [3.05, 3.63) is 16.6 Å². The van der Waals surface area contributed by atoms with Gasteiger partial charge >= 0.3 is 0 Å². The molecule has 3 heterocycles. The highest BCUT2D eigenvalue weighted by Gasteiger charge is 2.58. The summed E-state index contributed by atoms with van der Waals surface area (Å²) in [4.78, 5) is 23.1. The van der Waals surface area contributed by atoms with E-state index in [1.165, 1.54) is 62.9 Å². The Balaban J connectivity index is 1.34. The van der Waals surface area contributed by atoms with E-state index in [4.69, 9.17) is 0 Å². The summed E-state index contributed by atoms with van der Waals surface area (Å²) in [5, 5.41) is 3.28. The molecule has 1 spiro atoms. The summed E-state index contributed by atoms with van der Waals surface area (Å²) in [5.74, 6) is 2.36. The Labute approximate surface area is 167 Å². The zero-order chi connectivity index (χ0) is 18.3. The number of hydrogen-bond acceptors (Lipinski definition) is 4. The fourth-order valence-electron chi connectivity index (χ4n) is 6.09. The van der Waals surface area contributed by atoms with Gasteiger partial charge in [0.2, 0.25) is 5.91 Å². The van der Waals surface area contributed by atoms with E-state index in [2.05, 4.69) is 20.2 Å². The first-order valence-corrected chi connectivity index (χ1v) is 12.0. The molecule has 2 saturated heterocycles. The molecule has 5 heteroatoms. The molecule has 4 nitrogen and oxygen atoms in total. The average molecular weight is 388 g/mol. The van der Waals surface area contributed by atoms with Crippen molar-refractivity contribution in [2.24, 2.45) is 17.3 Å². The van der Waals surface area contributed by atoms with Crippen molar-refractivity contribution in [2.75, 3.05) is 32.7 Å². The van der Waals surface area contributed by atoms with Gasteiger partial charge in [-0.15, -0.1) is 11.3 Å². The Kier molecular flexibility index (Phi) is 5.01. The van der Waals surface area contributed by atoms with Crippen molar-refractivity contribution in [1.82, 2.24) is 14.8 Å². The van der Waals surface area contributed by atoms with Crippen LogP contribution in [0.3, 0.4) is 0 Å². The van der Waals surface area contributed by atoms with Crippen LogP contribution in [0.1, 0.15) is 68.7 Å². The quantitative estimate of drug-likeness (QED) is 0.762. The van der Waals surface area contributed by atoms with Crippen molar-refractivity contribution in [1.29, 1.82) is 0 Å². The summed E-state index contributed by atoms with van der Waals surface area (Å²) < 4.78 is 0. The highest BCUT2D eigenvalue weighted by molar-refractivity contribution is 7.09. The summed E-state index contributed by atoms with van der Waals surface area (Å²) in [6.07, 6.45) is 13.9. The summed E-state index contributed by atoms with van der Waals surface area (Å²) in [6.45, 7) is 5.17. The smallest absolute Gasteiger partial charge is 0.230 e. The van der Waals surface area contributed by atoms with Crippen LogP contribution in [-0.4, -0.2) is 53.4 Å². The Morgan fingerprint density at radius 1 is 1.07 bits per heavy atom. The van der Waals surface area contributed by atoms with Crippen LogP contribution in [0, 0.1) is 17.3 Å². The fraction of sp³-hybridized carbons (Fsp3) is 0.818. The van der Waals surface area contributed by atoms with Gasteiger partial charge in [-0.2, -0.15) is 0 Å². The molecule has 2 saturated carbocycles. The SMILES string of the molecule is O=C1N(CC2CCC2)CC[C@]12CN(CC1CCCCC1)C[C@@H]2c1nccs1. The maximum atomic E-state index is 13.6. The van der Waals surface area contributed by atoms with E-state index < -0.39 is 0 Å². The minimum atomic E-state index is -0.198. The Bertz CT molecular complexity index is 653.